The van der Waals surface area contributed by atoms with Gasteiger partial charge in [-0.1, -0.05) is 11.6 Å². The van der Waals surface area contributed by atoms with E-state index in [0.717, 1.165) is 32.4 Å². The number of unbranched alkanes of at least 4 members (excludes halogenated alkanes) is 1. The summed E-state index contributed by atoms with van der Waals surface area (Å²) in [6, 6.07) is -0.0849. The number of carboxylic acids is 1. The van der Waals surface area contributed by atoms with Crippen LogP contribution in [0.4, 0.5) is 23.0 Å². The van der Waals surface area contributed by atoms with Gasteiger partial charge in [-0.2, -0.15) is 4.37 Å². The van der Waals surface area contributed by atoms with Crippen LogP contribution in [0, 0.1) is 17.5 Å². The lowest BCUT2D eigenvalue weighted by Gasteiger charge is -2.29. The summed E-state index contributed by atoms with van der Waals surface area (Å²) < 4.78 is 50.4. The Bertz CT molecular complexity index is 1070. The van der Waals surface area contributed by atoms with E-state index < -0.39 is 58.1 Å². The lowest BCUT2D eigenvalue weighted by atomic mass is 10.1. The average molecular weight is 537 g/mol. The number of hydrogen-bond donors (Lipinski definition) is 4. The van der Waals surface area contributed by atoms with Gasteiger partial charge in [0.1, 0.15) is 17.4 Å². The number of aromatic nitrogens is 1. The highest BCUT2D eigenvalue weighted by molar-refractivity contribution is 7.11. The van der Waals surface area contributed by atoms with Crippen LogP contribution in [0.5, 0.6) is 5.88 Å². The number of benzene rings is 1. The maximum Gasteiger partial charge on any atom is 0.344 e. The van der Waals surface area contributed by atoms with Crippen LogP contribution in [0.3, 0.4) is 0 Å². The van der Waals surface area contributed by atoms with E-state index in [-0.39, 0.29) is 11.1 Å². The van der Waals surface area contributed by atoms with Crippen LogP contribution in [0.25, 0.3) is 0 Å². The van der Waals surface area contributed by atoms with Crippen LogP contribution in [0.2, 0.25) is 5.02 Å². The molecule has 2 aromatic rings. The highest BCUT2D eigenvalue weighted by Gasteiger charge is 2.25. The van der Waals surface area contributed by atoms with Crippen molar-refractivity contribution in [3.8, 4) is 5.88 Å². The molecule has 192 valence electrons. The third kappa shape index (κ3) is 7.19. The molecule has 1 unspecified atom stereocenters. The molecule has 1 fully saturated rings. The molecule has 2 heterocycles. The van der Waals surface area contributed by atoms with Gasteiger partial charge in [0, 0.05) is 13.1 Å². The molecule has 4 N–H and O–H groups in total. The van der Waals surface area contributed by atoms with Crippen LogP contribution in [0.15, 0.2) is 6.07 Å². The predicted octanol–water partition coefficient (Wildman–Crippen LogP) is 3.85. The standard InChI is InChI=1S/C21H24ClF3N4O5S/c22-13-8-14(23)12(16(24)17(13)25)10-34-18-15(20(31)32)19(35-28-18)27-21(33)26-5-1-2-6-29-7-3-4-11(30)9-29/h8,11,30H,1-7,9-10H2,(H,31,32)(H2,26,27,33). The molecule has 1 saturated heterocycles. The van der Waals surface area contributed by atoms with Gasteiger partial charge in [-0.15, -0.1) is 0 Å². The fraction of sp³-hybridized carbons (Fsp3) is 0.476. The van der Waals surface area contributed by atoms with Crippen molar-refractivity contribution in [2.45, 2.75) is 38.4 Å². The number of carbonyl (C=O) groups excluding carboxylic acids is 1. The van der Waals surface area contributed by atoms with Crippen molar-refractivity contribution in [3.05, 3.63) is 39.7 Å². The number of likely N-dealkylation sites (tertiary alicyclic amines) is 1. The zero-order chi connectivity index (χ0) is 25.5. The van der Waals surface area contributed by atoms with Gasteiger partial charge >= 0.3 is 12.0 Å². The second-order valence-corrected chi connectivity index (χ2v) is 9.10. The summed E-state index contributed by atoms with van der Waals surface area (Å²) in [5.74, 6) is -6.17. The van der Waals surface area contributed by atoms with Crippen molar-refractivity contribution in [1.82, 2.24) is 14.6 Å². The number of β-amino-alcohol motifs (C(OH)–C–C–N with tert-alkyl or cyclic N) is 1. The predicted molar refractivity (Wildman–Crippen MR) is 123 cm³/mol. The van der Waals surface area contributed by atoms with E-state index in [1.54, 1.807) is 0 Å². The highest BCUT2D eigenvalue weighted by atomic mass is 35.5. The Morgan fingerprint density at radius 3 is 2.77 bits per heavy atom. The Hall–Kier alpha value is -2.61. The van der Waals surface area contributed by atoms with Crippen molar-refractivity contribution in [3.63, 3.8) is 0 Å². The maximum absolute atomic E-state index is 14.0. The molecule has 0 bridgehead atoms. The van der Waals surface area contributed by atoms with Crippen molar-refractivity contribution < 1.29 is 37.7 Å². The quantitative estimate of drug-likeness (QED) is 0.206. The van der Waals surface area contributed by atoms with Gasteiger partial charge in [-0.05, 0) is 56.4 Å². The number of ether oxygens (including phenoxy) is 1. The molecule has 9 nitrogen and oxygen atoms in total. The second kappa shape index (κ2) is 12.4. The number of amides is 2. The smallest absolute Gasteiger partial charge is 0.344 e. The summed E-state index contributed by atoms with van der Waals surface area (Å²) in [5.41, 5.74) is -1.30. The SMILES string of the molecule is O=C(NCCCCN1CCCC(O)C1)Nc1snc(OCc2c(F)cc(Cl)c(F)c2F)c1C(=O)O. The summed E-state index contributed by atoms with van der Waals surface area (Å²) in [5, 5.41) is 23.3. The summed E-state index contributed by atoms with van der Waals surface area (Å²) in [4.78, 5) is 26.0. The molecule has 3 rings (SSSR count). The molecular formula is C21H24ClF3N4O5S. The number of nitrogens with one attached hydrogen (secondary N) is 2. The Morgan fingerprint density at radius 2 is 2.06 bits per heavy atom. The molecule has 14 heteroatoms. The van der Waals surface area contributed by atoms with Gasteiger partial charge in [0.05, 0.1) is 16.7 Å². The summed E-state index contributed by atoms with van der Waals surface area (Å²) >= 11 is 5.98. The van der Waals surface area contributed by atoms with Crippen LogP contribution in [0.1, 0.15) is 41.6 Å². The van der Waals surface area contributed by atoms with Crippen LogP contribution in [-0.2, 0) is 6.61 Å². The fourth-order valence-electron chi connectivity index (χ4n) is 3.57. The average Bonchev–Trinajstić information content (AvgIpc) is 3.19. The number of piperidine rings is 1. The zero-order valence-electron chi connectivity index (χ0n) is 18.5. The van der Waals surface area contributed by atoms with Gasteiger partial charge in [0.15, 0.2) is 17.2 Å². The number of nitrogens with zero attached hydrogens (tertiary/aromatic N) is 2. The Balaban J connectivity index is 1.51. The lowest BCUT2D eigenvalue weighted by molar-refractivity contribution is 0.0690. The van der Waals surface area contributed by atoms with E-state index in [0.29, 0.717) is 37.1 Å². The van der Waals surface area contributed by atoms with Crippen molar-refractivity contribution in [2.24, 2.45) is 0 Å². The number of carbonyl (C=O) groups is 2. The number of halogens is 4. The Labute approximate surface area is 208 Å². The first kappa shape index (κ1) is 27.0. The van der Waals surface area contributed by atoms with Gasteiger partial charge in [0.2, 0.25) is 5.88 Å². The van der Waals surface area contributed by atoms with Gasteiger partial charge in [-0.25, -0.2) is 22.8 Å². The first-order chi connectivity index (χ1) is 16.7. The van der Waals surface area contributed by atoms with E-state index in [2.05, 4.69) is 19.9 Å². The molecule has 0 radical (unpaired) electrons. The molecule has 35 heavy (non-hydrogen) atoms. The second-order valence-electron chi connectivity index (χ2n) is 7.92. The minimum absolute atomic E-state index is 0.143. The fourth-order valence-corrected chi connectivity index (χ4v) is 4.47. The topological polar surface area (TPSA) is 124 Å². The van der Waals surface area contributed by atoms with Gasteiger partial charge < -0.3 is 25.2 Å². The van der Waals surface area contributed by atoms with E-state index in [9.17, 15) is 33.0 Å². The summed E-state index contributed by atoms with van der Waals surface area (Å²) in [7, 11) is 0. The maximum atomic E-state index is 14.0. The number of aromatic carboxylic acids is 1. The minimum Gasteiger partial charge on any atom is -0.477 e. The third-order valence-electron chi connectivity index (χ3n) is 5.33. The molecule has 0 aliphatic carbocycles. The third-order valence-corrected chi connectivity index (χ3v) is 6.35. The number of anilines is 1. The summed E-state index contributed by atoms with van der Waals surface area (Å²) in [6.45, 7) is 1.87. The Morgan fingerprint density at radius 1 is 1.29 bits per heavy atom. The number of carboxylic acid groups (broad SMARTS) is 1. The molecule has 1 aliphatic heterocycles. The number of urea groups is 1. The van der Waals surface area contributed by atoms with E-state index in [4.69, 9.17) is 16.3 Å². The molecule has 1 aromatic carbocycles. The Kier molecular flexibility index (Phi) is 9.55. The first-order valence-electron chi connectivity index (χ1n) is 10.8. The first-order valence-corrected chi connectivity index (χ1v) is 12.0. The van der Waals surface area contributed by atoms with Crippen molar-refractivity contribution in [2.75, 3.05) is 31.5 Å². The van der Waals surface area contributed by atoms with Crippen LogP contribution in [-0.4, -0.2) is 63.8 Å². The lowest BCUT2D eigenvalue weighted by Crippen LogP contribution is -2.39. The number of rotatable bonds is 10. The molecule has 0 saturated carbocycles. The molecule has 0 spiro atoms. The highest BCUT2D eigenvalue weighted by Crippen LogP contribution is 2.32. The zero-order valence-corrected chi connectivity index (χ0v) is 20.0. The number of aliphatic hydroxyl groups excluding tert-OH is 1. The van der Waals surface area contributed by atoms with Crippen molar-refractivity contribution >= 4 is 40.1 Å². The van der Waals surface area contributed by atoms with Gasteiger partial charge in [-0.3, -0.25) is 5.32 Å². The molecule has 1 aromatic heterocycles. The molecule has 1 atom stereocenters. The monoisotopic (exact) mass is 536 g/mol. The number of hydrogen-bond acceptors (Lipinski definition) is 7. The van der Waals surface area contributed by atoms with E-state index in [1.807, 2.05) is 0 Å². The molecule has 1 aliphatic rings. The summed E-state index contributed by atoms with van der Waals surface area (Å²) in [6.07, 6.45) is 2.96. The van der Waals surface area contributed by atoms with E-state index >= 15 is 0 Å². The normalized spacial score (nSPS) is 16.2. The van der Waals surface area contributed by atoms with Gasteiger partial charge in [0.25, 0.3) is 0 Å². The van der Waals surface area contributed by atoms with Crippen molar-refractivity contribution in [1.29, 1.82) is 0 Å². The number of aliphatic hydroxyl groups is 1. The van der Waals surface area contributed by atoms with Crippen LogP contribution >= 0.6 is 23.1 Å². The molecular weight excluding hydrogens is 513 g/mol. The van der Waals surface area contributed by atoms with E-state index in [1.165, 1.54) is 0 Å². The largest absolute Gasteiger partial charge is 0.477 e. The minimum atomic E-state index is -1.56. The molecule has 2 amide bonds. The van der Waals surface area contributed by atoms with Crippen LogP contribution < -0.4 is 15.4 Å².